The number of hydrogen-bond donors (Lipinski definition) is 3. The Hall–Kier alpha value is -4.90. The van der Waals surface area contributed by atoms with E-state index in [1.54, 1.807) is 6.07 Å². The highest BCUT2D eigenvalue weighted by Gasteiger charge is 2.68. The Kier molecular flexibility index (Phi) is 7.50. The lowest BCUT2D eigenvalue weighted by Crippen LogP contribution is -2.57. The van der Waals surface area contributed by atoms with Crippen molar-refractivity contribution in [3.05, 3.63) is 108 Å². The molecule has 0 radical (unpaired) electrons. The number of carboxylic acid groups (broad SMARTS) is 1. The van der Waals surface area contributed by atoms with Crippen LogP contribution in [0.5, 0.6) is 5.75 Å². The molecule has 4 atom stereocenters. The lowest BCUT2D eigenvalue weighted by molar-refractivity contribution is -0.274. The Labute approximate surface area is 250 Å². The van der Waals surface area contributed by atoms with Crippen molar-refractivity contribution in [1.82, 2.24) is 10.2 Å². The molecular formula is C33H28F3N3O5. The predicted molar refractivity (Wildman–Crippen MR) is 156 cm³/mol. The van der Waals surface area contributed by atoms with Crippen LogP contribution in [0.4, 0.5) is 18.9 Å². The van der Waals surface area contributed by atoms with Gasteiger partial charge in [-0.15, -0.1) is 13.2 Å². The first kappa shape index (κ1) is 29.2. The first-order valence-corrected chi connectivity index (χ1v) is 14.0. The number of nitrogens with zero attached hydrogens (tertiary/aromatic N) is 1. The zero-order valence-electron chi connectivity index (χ0n) is 23.3. The van der Waals surface area contributed by atoms with Crippen molar-refractivity contribution in [2.24, 2.45) is 11.8 Å². The summed E-state index contributed by atoms with van der Waals surface area (Å²) in [7, 11) is 0. The highest BCUT2D eigenvalue weighted by molar-refractivity contribution is 6.09. The highest BCUT2D eigenvalue weighted by atomic mass is 19.4. The number of carbonyl (C=O) groups is 3. The second-order valence-electron chi connectivity index (χ2n) is 11.0. The van der Waals surface area contributed by atoms with Gasteiger partial charge in [-0.05, 0) is 46.2 Å². The van der Waals surface area contributed by atoms with Crippen LogP contribution in [0.15, 0.2) is 97.1 Å². The van der Waals surface area contributed by atoms with Crippen LogP contribution in [0.25, 0.3) is 10.8 Å². The fourth-order valence-electron chi connectivity index (χ4n) is 6.45. The molecular weight excluding hydrogens is 575 g/mol. The molecule has 0 bridgehead atoms. The third kappa shape index (κ3) is 5.46. The molecule has 44 heavy (non-hydrogen) atoms. The van der Waals surface area contributed by atoms with Gasteiger partial charge in [-0.2, -0.15) is 0 Å². The molecule has 0 aromatic heterocycles. The van der Waals surface area contributed by atoms with Crippen molar-refractivity contribution in [2.45, 2.75) is 24.4 Å². The van der Waals surface area contributed by atoms with Crippen molar-refractivity contribution in [1.29, 1.82) is 0 Å². The van der Waals surface area contributed by atoms with Crippen LogP contribution >= 0.6 is 0 Å². The van der Waals surface area contributed by atoms with E-state index >= 15 is 0 Å². The molecule has 3 N–H and O–H groups in total. The maximum absolute atomic E-state index is 14.0. The Morgan fingerprint density at radius 3 is 2.36 bits per heavy atom. The third-order valence-corrected chi connectivity index (χ3v) is 8.31. The zero-order chi connectivity index (χ0) is 31.1. The van der Waals surface area contributed by atoms with Crippen molar-refractivity contribution >= 4 is 34.2 Å². The largest absolute Gasteiger partial charge is 0.573 e. The summed E-state index contributed by atoms with van der Waals surface area (Å²) in [6, 6.07) is 26.2. The maximum Gasteiger partial charge on any atom is 0.573 e. The third-order valence-electron chi connectivity index (χ3n) is 8.31. The van der Waals surface area contributed by atoms with Crippen molar-refractivity contribution in [3.63, 3.8) is 0 Å². The minimum Gasteiger partial charge on any atom is -0.480 e. The van der Waals surface area contributed by atoms with Crippen LogP contribution in [0, 0.1) is 11.8 Å². The predicted octanol–water partition coefficient (Wildman–Crippen LogP) is 5.16. The van der Waals surface area contributed by atoms with E-state index in [2.05, 4.69) is 15.4 Å². The molecule has 2 amide bonds. The fourth-order valence-corrected chi connectivity index (χ4v) is 6.45. The smallest absolute Gasteiger partial charge is 0.480 e. The summed E-state index contributed by atoms with van der Waals surface area (Å²) in [6.07, 6.45) is -5.09. The number of carbonyl (C=O) groups excluding carboxylic acids is 2. The Morgan fingerprint density at radius 2 is 1.64 bits per heavy atom. The fraction of sp³-hybridized carbons (Fsp3) is 0.242. The Balaban J connectivity index is 1.38. The van der Waals surface area contributed by atoms with Gasteiger partial charge in [0.15, 0.2) is 0 Å². The molecule has 8 nitrogen and oxygen atoms in total. The van der Waals surface area contributed by atoms with Gasteiger partial charge in [-0.1, -0.05) is 72.8 Å². The first-order valence-electron chi connectivity index (χ1n) is 14.0. The number of para-hydroxylation sites is 1. The average Bonchev–Trinajstić information content (AvgIpc) is 3.46. The summed E-state index contributed by atoms with van der Waals surface area (Å²) in [6.45, 7) is 0.202. The number of fused-ring (bicyclic) bond motifs is 2. The molecule has 2 saturated heterocycles. The Bertz CT molecular complexity index is 1730. The molecule has 226 valence electrons. The lowest BCUT2D eigenvalue weighted by atomic mass is 9.76. The van der Waals surface area contributed by atoms with Crippen LogP contribution in [0.2, 0.25) is 0 Å². The van der Waals surface area contributed by atoms with E-state index in [-0.39, 0.29) is 25.1 Å². The number of likely N-dealkylation sites (tertiary alicyclic amines) is 1. The van der Waals surface area contributed by atoms with Gasteiger partial charge < -0.3 is 15.2 Å². The molecule has 2 aliphatic rings. The second kappa shape index (κ2) is 11.3. The van der Waals surface area contributed by atoms with Gasteiger partial charge in [-0.25, -0.2) is 0 Å². The number of benzene rings is 4. The van der Waals surface area contributed by atoms with Gasteiger partial charge in [0.1, 0.15) is 11.3 Å². The molecule has 0 aliphatic carbocycles. The van der Waals surface area contributed by atoms with Gasteiger partial charge in [-0.3, -0.25) is 24.6 Å². The van der Waals surface area contributed by atoms with Gasteiger partial charge in [0.2, 0.25) is 11.8 Å². The summed E-state index contributed by atoms with van der Waals surface area (Å²) < 4.78 is 43.2. The molecule has 4 unspecified atom stereocenters. The number of halogens is 3. The maximum atomic E-state index is 14.0. The number of hydrogen-bond acceptors (Lipinski definition) is 6. The number of ether oxygens (including phenoxy) is 1. The number of carboxylic acids is 1. The standard InChI is InChI=1S/C33H28F3N3O5/c34-33(35,36)44-25-12-6-9-23(18-25)28-26-27(30(41)39(29(26)40)16-15-37-24-10-2-1-3-11-24)32(38-28,31(42)43)19-20-13-14-21-7-4-5-8-22(21)17-20/h1-14,17-18,26-28,37-38H,15-16,19H2,(H,42,43). The summed E-state index contributed by atoms with van der Waals surface area (Å²) in [4.78, 5) is 42.2. The minimum absolute atomic E-state index is 0.0187. The van der Waals surface area contributed by atoms with E-state index < -0.39 is 53.3 Å². The lowest BCUT2D eigenvalue weighted by Gasteiger charge is -2.31. The van der Waals surface area contributed by atoms with E-state index in [4.69, 9.17) is 0 Å². The van der Waals surface area contributed by atoms with Gasteiger partial charge >= 0.3 is 12.3 Å². The number of imide groups is 1. The van der Waals surface area contributed by atoms with E-state index in [0.717, 1.165) is 33.5 Å². The molecule has 0 saturated carbocycles. The number of rotatable bonds is 9. The van der Waals surface area contributed by atoms with Crippen molar-refractivity contribution < 1.29 is 37.4 Å². The average molecular weight is 604 g/mol. The summed E-state index contributed by atoms with van der Waals surface area (Å²) in [5.74, 6) is -5.57. The van der Waals surface area contributed by atoms with Crippen LogP contribution in [-0.2, 0) is 20.8 Å². The van der Waals surface area contributed by atoms with E-state index in [1.807, 2.05) is 66.7 Å². The molecule has 2 fully saturated rings. The highest BCUT2D eigenvalue weighted by Crippen LogP contribution is 2.50. The van der Waals surface area contributed by atoms with Crippen molar-refractivity contribution in [2.75, 3.05) is 18.4 Å². The minimum atomic E-state index is -4.95. The van der Waals surface area contributed by atoms with Crippen LogP contribution in [-0.4, -0.2) is 52.8 Å². The summed E-state index contributed by atoms with van der Waals surface area (Å²) >= 11 is 0. The second-order valence-corrected chi connectivity index (χ2v) is 11.0. The summed E-state index contributed by atoms with van der Waals surface area (Å²) in [5, 5.41) is 18.8. The van der Waals surface area contributed by atoms with Crippen LogP contribution in [0.3, 0.4) is 0 Å². The molecule has 6 rings (SSSR count). The van der Waals surface area contributed by atoms with Gasteiger partial charge in [0.05, 0.1) is 11.8 Å². The normalized spacial score (nSPS) is 23.2. The van der Waals surface area contributed by atoms with Crippen LogP contribution < -0.4 is 15.4 Å². The van der Waals surface area contributed by atoms with E-state index in [1.165, 1.54) is 12.1 Å². The van der Waals surface area contributed by atoms with Crippen molar-refractivity contribution in [3.8, 4) is 5.75 Å². The van der Waals surface area contributed by atoms with Gasteiger partial charge in [0.25, 0.3) is 0 Å². The summed E-state index contributed by atoms with van der Waals surface area (Å²) in [5.41, 5.74) is -0.318. The monoisotopic (exact) mass is 603 g/mol. The molecule has 11 heteroatoms. The number of alkyl halides is 3. The number of aliphatic carboxylic acids is 1. The SMILES string of the molecule is O=C1C2C(c3cccc(OC(F)(F)F)c3)NC(Cc3ccc4ccccc4c3)(C(=O)O)C2C(=O)N1CCNc1ccccc1. The van der Waals surface area contributed by atoms with E-state index in [0.29, 0.717) is 5.56 Å². The Morgan fingerprint density at radius 1 is 0.909 bits per heavy atom. The number of amides is 2. The molecule has 4 aromatic carbocycles. The quantitative estimate of drug-likeness (QED) is 0.227. The number of nitrogens with one attached hydrogen (secondary N) is 2. The number of anilines is 1. The van der Waals surface area contributed by atoms with Crippen LogP contribution in [0.1, 0.15) is 17.2 Å². The molecule has 2 heterocycles. The van der Waals surface area contributed by atoms with Gasteiger partial charge in [0, 0.05) is 31.2 Å². The topological polar surface area (TPSA) is 108 Å². The zero-order valence-corrected chi connectivity index (χ0v) is 23.3. The molecule has 2 aliphatic heterocycles. The van der Waals surface area contributed by atoms with E-state index in [9.17, 15) is 32.7 Å². The first-order chi connectivity index (χ1) is 21.1. The molecule has 4 aromatic rings. The molecule has 0 spiro atoms.